The van der Waals surface area contributed by atoms with E-state index in [1.165, 1.54) is 11.1 Å². The van der Waals surface area contributed by atoms with Gasteiger partial charge in [-0.15, -0.1) is 0 Å². The number of anilines is 1. The van der Waals surface area contributed by atoms with Gasteiger partial charge in [0.2, 0.25) is 0 Å². The van der Waals surface area contributed by atoms with E-state index < -0.39 is 0 Å². The highest BCUT2D eigenvalue weighted by atomic mass is 79.9. The normalized spacial score (nSPS) is 9.74. The van der Waals surface area contributed by atoms with Crippen molar-refractivity contribution >= 4 is 27.5 Å². The first kappa shape index (κ1) is 13.2. The number of hydrogen-bond acceptors (Lipinski definition) is 3. The summed E-state index contributed by atoms with van der Waals surface area (Å²) in [4.78, 5) is 17.8. The zero-order chi connectivity index (χ0) is 13.8. The molecule has 0 atom stereocenters. The molecular formula is C14H10BrN3O. The molecule has 0 radical (unpaired) electrons. The second kappa shape index (κ2) is 5.63. The van der Waals surface area contributed by atoms with Crippen LogP contribution in [0.15, 0.2) is 47.2 Å². The summed E-state index contributed by atoms with van der Waals surface area (Å²) in [5.41, 5.74) is 1.80. The Hall–Kier alpha value is -2.19. The van der Waals surface area contributed by atoms with E-state index in [1.807, 2.05) is 6.07 Å². The summed E-state index contributed by atoms with van der Waals surface area (Å²) in [6.45, 7) is 0. The summed E-state index contributed by atoms with van der Waals surface area (Å²) in [5, 5.41) is 8.74. The molecule has 2 rings (SSSR count). The average Bonchev–Trinajstić information content (AvgIpc) is 2.46. The molecule has 0 N–H and O–H groups in total. The van der Waals surface area contributed by atoms with Crippen LogP contribution < -0.4 is 4.90 Å². The Morgan fingerprint density at radius 3 is 2.47 bits per heavy atom. The quantitative estimate of drug-likeness (QED) is 0.800. The SMILES string of the molecule is CN(C(=O)c1ccc(Br)nc1)c1ccc(C#N)cc1. The lowest BCUT2D eigenvalue weighted by atomic mass is 10.2. The zero-order valence-corrected chi connectivity index (χ0v) is 11.8. The standard InChI is InChI=1S/C14H10BrN3O/c1-18(12-5-2-10(8-16)3-6-12)14(19)11-4-7-13(15)17-9-11/h2-7,9H,1H3. The van der Waals surface area contributed by atoms with Gasteiger partial charge in [-0.2, -0.15) is 5.26 Å². The molecule has 0 aliphatic rings. The van der Waals surface area contributed by atoms with E-state index in [4.69, 9.17) is 5.26 Å². The van der Waals surface area contributed by atoms with Gasteiger partial charge in [-0.1, -0.05) is 0 Å². The maximum Gasteiger partial charge on any atom is 0.259 e. The Morgan fingerprint density at radius 1 is 1.26 bits per heavy atom. The molecule has 0 aliphatic heterocycles. The molecule has 2 aromatic rings. The first-order chi connectivity index (χ1) is 9.11. The molecule has 0 fully saturated rings. The number of amides is 1. The van der Waals surface area contributed by atoms with Crippen LogP contribution in [0.4, 0.5) is 5.69 Å². The fraction of sp³-hybridized carbons (Fsp3) is 0.0714. The van der Waals surface area contributed by atoms with Gasteiger partial charge in [0.05, 0.1) is 17.2 Å². The minimum Gasteiger partial charge on any atom is -0.311 e. The molecule has 0 bridgehead atoms. The third kappa shape index (κ3) is 2.98. The van der Waals surface area contributed by atoms with Crippen LogP contribution in [0.1, 0.15) is 15.9 Å². The van der Waals surface area contributed by atoms with Crippen molar-refractivity contribution in [2.45, 2.75) is 0 Å². The van der Waals surface area contributed by atoms with E-state index in [0.717, 1.165) is 5.69 Å². The van der Waals surface area contributed by atoms with E-state index in [2.05, 4.69) is 20.9 Å². The number of nitrogens with zero attached hydrogens (tertiary/aromatic N) is 3. The molecule has 5 heteroatoms. The van der Waals surface area contributed by atoms with Gasteiger partial charge in [-0.25, -0.2) is 4.98 Å². The molecule has 19 heavy (non-hydrogen) atoms. The molecule has 0 saturated heterocycles. The minimum absolute atomic E-state index is 0.148. The number of carbonyl (C=O) groups is 1. The number of halogens is 1. The molecule has 94 valence electrons. The van der Waals surface area contributed by atoms with E-state index in [-0.39, 0.29) is 5.91 Å². The first-order valence-electron chi connectivity index (χ1n) is 5.51. The van der Waals surface area contributed by atoms with Crippen molar-refractivity contribution in [3.63, 3.8) is 0 Å². The van der Waals surface area contributed by atoms with Gasteiger partial charge in [0.1, 0.15) is 4.60 Å². The van der Waals surface area contributed by atoms with Crippen LogP contribution in [0, 0.1) is 11.3 Å². The monoisotopic (exact) mass is 315 g/mol. The van der Waals surface area contributed by atoms with Crippen LogP contribution in [-0.4, -0.2) is 17.9 Å². The van der Waals surface area contributed by atoms with Crippen LogP contribution in [0.2, 0.25) is 0 Å². The van der Waals surface area contributed by atoms with Crippen molar-refractivity contribution in [2.24, 2.45) is 0 Å². The summed E-state index contributed by atoms with van der Waals surface area (Å²) in [5.74, 6) is -0.148. The molecule has 1 heterocycles. The zero-order valence-electron chi connectivity index (χ0n) is 10.2. The number of benzene rings is 1. The van der Waals surface area contributed by atoms with Crippen molar-refractivity contribution in [3.05, 3.63) is 58.3 Å². The first-order valence-corrected chi connectivity index (χ1v) is 6.31. The van der Waals surface area contributed by atoms with Crippen LogP contribution in [-0.2, 0) is 0 Å². The Balaban J connectivity index is 2.23. The Labute approximate surface area is 119 Å². The number of rotatable bonds is 2. The molecule has 1 aromatic carbocycles. The highest BCUT2D eigenvalue weighted by molar-refractivity contribution is 9.10. The molecule has 0 unspecified atom stereocenters. The largest absolute Gasteiger partial charge is 0.311 e. The predicted octanol–water partition coefficient (Wildman–Crippen LogP) is 2.99. The molecular weight excluding hydrogens is 306 g/mol. The maximum absolute atomic E-state index is 12.2. The van der Waals surface area contributed by atoms with Crippen molar-refractivity contribution in [1.29, 1.82) is 5.26 Å². The lowest BCUT2D eigenvalue weighted by Gasteiger charge is -2.17. The third-order valence-corrected chi connectivity index (χ3v) is 3.13. The maximum atomic E-state index is 12.2. The van der Waals surface area contributed by atoms with Crippen molar-refractivity contribution in [3.8, 4) is 6.07 Å². The minimum atomic E-state index is -0.148. The van der Waals surface area contributed by atoms with Crippen molar-refractivity contribution < 1.29 is 4.79 Å². The van der Waals surface area contributed by atoms with E-state index in [9.17, 15) is 4.79 Å². The van der Waals surface area contributed by atoms with E-state index >= 15 is 0 Å². The number of pyridine rings is 1. The molecule has 1 aromatic heterocycles. The van der Waals surface area contributed by atoms with Gasteiger partial charge < -0.3 is 4.90 Å². The lowest BCUT2D eigenvalue weighted by molar-refractivity contribution is 0.0992. The number of aromatic nitrogens is 1. The summed E-state index contributed by atoms with van der Waals surface area (Å²) < 4.78 is 0.685. The van der Waals surface area contributed by atoms with Gasteiger partial charge >= 0.3 is 0 Å². The Morgan fingerprint density at radius 2 is 1.95 bits per heavy atom. The smallest absolute Gasteiger partial charge is 0.259 e. The summed E-state index contributed by atoms with van der Waals surface area (Å²) in [6, 6.07) is 12.3. The molecule has 0 saturated carbocycles. The summed E-state index contributed by atoms with van der Waals surface area (Å²) in [7, 11) is 1.69. The summed E-state index contributed by atoms with van der Waals surface area (Å²) >= 11 is 3.23. The van der Waals surface area contributed by atoms with Gasteiger partial charge in [0.15, 0.2) is 0 Å². The highest BCUT2D eigenvalue weighted by Crippen LogP contribution is 2.16. The van der Waals surface area contributed by atoms with Gasteiger partial charge in [0, 0.05) is 18.9 Å². The average molecular weight is 316 g/mol. The number of nitriles is 1. The van der Waals surface area contributed by atoms with E-state index in [1.54, 1.807) is 43.4 Å². The number of hydrogen-bond donors (Lipinski definition) is 0. The fourth-order valence-corrected chi connectivity index (χ4v) is 1.81. The van der Waals surface area contributed by atoms with Crippen LogP contribution in [0.3, 0.4) is 0 Å². The highest BCUT2D eigenvalue weighted by Gasteiger charge is 2.13. The topological polar surface area (TPSA) is 57.0 Å². The van der Waals surface area contributed by atoms with E-state index in [0.29, 0.717) is 15.7 Å². The van der Waals surface area contributed by atoms with Crippen LogP contribution >= 0.6 is 15.9 Å². The fourth-order valence-electron chi connectivity index (χ4n) is 1.57. The second-order valence-electron chi connectivity index (χ2n) is 3.89. The molecule has 1 amide bonds. The molecule has 0 spiro atoms. The van der Waals surface area contributed by atoms with Crippen molar-refractivity contribution in [1.82, 2.24) is 4.98 Å². The lowest BCUT2D eigenvalue weighted by Crippen LogP contribution is -2.26. The third-order valence-electron chi connectivity index (χ3n) is 2.66. The Kier molecular flexibility index (Phi) is 3.93. The second-order valence-corrected chi connectivity index (χ2v) is 4.70. The van der Waals surface area contributed by atoms with Gasteiger partial charge in [-0.05, 0) is 52.3 Å². The predicted molar refractivity (Wildman–Crippen MR) is 75.8 cm³/mol. The van der Waals surface area contributed by atoms with Gasteiger partial charge in [0.25, 0.3) is 5.91 Å². The van der Waals surface area contributed by atoms with Crippen LogP contribution in [0.25, 0.3) is 0 Å². The van der Waals surface area contributed by atoms with Crippen LogP contribution in [0.5, 0.6) is 0 Å². The summed E-state index contributed by atoms with van der Waals surface area (Å²) in [6.07, 6.45) is 1.52. The Bertz CT molecular complexity index is 629. The molecule has 4 nitrogen and oxygen atoms in total. The number of carbonyl (C=O) groups excluding carboxylic acids is 1. The van der Waals surface area contributed by atoms with Crippen molar-refractivity contribution in [2.75, 3.05) is 11.9 Å². The van der Waals surface area contributed by atoms with Gasteiger partial charge in [-0.3, -0.25) is 4.79 Å². The molecule has 0 aliphatic carbocycles.